The Balaban J connectivity index is 1.19. The van der Waals surface area contributed by atoms with Crippen LogP contribution in [0.1, 0.15) is 24.1 Å². The van der Waals surface area contributed by atoms with E-state index in [1.807, 2.05) is 19.1 Å². The number of anilines is 1. The summed E-state index contributed by atoms with van der Waals surface area (Å²) in [7, 11) is 0. The molecule has 1 aromatic heterocycles. The van der Waals surface area contributed by atoms with Crippen LogP contribution in [0.5, 0.6) is 0 Å². The van der Waals surface area contributed by atoms with Crippen molar-refractivity contribution >= 4 is 11.7 Å². The van der Waals surface area contributed by atoms with Gasteiger partial charge in [-0.3, -0.25) is 9.69 Å². The van der Waals surface area contributed by atoms with E-state index < -0.39 is 0 Å². The van der Waals surface area contributed by atoms with Crippen molar-refractivity contribution in [3.8, 4) is 0 Å². The van der Waals surface area contributed by atoms with E-state index in [1.165, 1.54) is 5.56 Å². The summed E-state index contributed by atoms with van der Waals surface area (Å²) < 4.78 is 0. The van der Waals surface area contributed by atoms with Crippen molar-refractivity contribution < 1.29 is 4.79 Å². The van der Waals surface area contributed by atoms with Crippen LogP contribution in [-0.2, 0) is 11.2 Å². The standard InChI is InChI=1S/C23H31N5O/c1-19-7-8-22(25-24-19)27-15-13-26(14-16-27)18-23(29)28-11-9-21(10-12-28)17-20-5-3-2-4-6-20/h2-8,21H,9-18H2,1H3. The van der Waals surface area contributed by atoms with Gasteiger partial charge in [0.2, 0.25) is 5.91 Å². The zero-order chi connectivity index (χ0) is 20.1. The molecule has 4 rings (SSSR count). The van der Waals surface area contributed by atoms with E-state index in [1.54, 1.807) is 0 Å². The summed E-state index contributed by atoms with van der Waals surface area (Å²) >= 11 is 0. The van der Waals surface area contributed by atoms with Gasteiger partial charge in [0, 0.05) is 39.3 Å². The summed E-state index contributed by atoms with van der Waals surface area (Å²) in [5.41, 5.74) is 2.35. The maximum atomic E-state index is 12.8. The lowest BCUT2D eigenvalue weighted by molar-refractivity contribution is -0.133. The predicted molar refractivity (Wildman–Crippen MR) is 115 cm³/mol. The lowest BCUT2D eigenvalue weighted by Gasteiger charge is -2.37. The van der Waals surface area contributed by atoms with Gasteiger partial charge < -0.3 is 9.80 Å². The largest absolute Gasteiger partial charge is 0.353 e. The highest BCUT2D eigenvalue weighted by Crippen LogP contribution is 2.22. The quantitative estimate of drug-likeness (QED) is 0.781. The summed E-state index contributed by atoms with van der Waals surface area (Å²) in [6.07, 6.45) is 3.35. The van der Waals surface area contributed by atoms with Crippen molar-refractivity contribution in [2.24, 2.45) is 5.92 Å². The van der Waals surface area contributed by atoms with Crippen molar-refractivity contribution in [3.63, 3.8) is 0 Å². The van der Waals surface area contributed by atoms with Gasteiger partial charge in [-0.25, -0.2) is 0 Å². The zero-order valence-electron chi connectivity index (χ0n) is 17.3. The van der Waals surface area contributed by atoms with Crippen LogP contribution in [0.25, 0.3) is 0 Å². The van der Waals surface area contributed by atoms with Crippen LogP contribution in [0.4, 0.5) is 5.82 Å². The molecule has 2 aromatic rings. The number of benzene rings is 1. The smallest absolute Gasteiger partial charge is 0.236 e. The predicted octanol–water partition coefficient (Wildman–Crippen LogP) is 2.39. The summed E-state index contributed by atoms with van der Waals surface area (Å²) in [6, 6.07) is 14.7. The highest BCUT2D eigenvalue weighted by molar-refractivity contribution is 5.78. The molecule has 0 saturated carbocycles. The van der Waals surface area contributed by atoms with Gasteiger partial charge >= 0.3 is 0 Å². The molecule has 0 radical (unpaired) electrons. The van der Waals surface area contributed by atoms with E-state index in [0.29, 0.717) is 12.5 Å². The number of carbonyl (C=O) groups is 1. The van der Waals surface area contributed by atoms with Crippen LogP contribution in [-0.4, -0.2) is 71.7 Å². The van der Waals surface area contributed by atoms with Gasteiger partial charge in [0.05, 0.1) is 12.2 Å². The topological polar surface area (TPSA) is 52.6 Å². The SMILES string of the molecule is Cc1ccc(N2CCN(CC(=O)N3CCC(Cc4ccccc4)CC3)CC2)nn1. The minimum atomic E-state index is 0.284. The lowest BCUT2D eigenvalue weighted by atomic mass is 9.90. The molecule has 6 heteroatoms. The maximum Gasteiger partial charge on any atom is 0.236 e. The highest BCUT2D eigenvalue weighted by atomic mass is 16.2. The Morgan fingerprint density at radius 1 is 0.931 bits per heavy atom. The molecular weight excluding hydrogens is 362 g/mol. The first-order valence-corrected chi connectivity index (χ1v) is 10.8. The second-order valence-corrected chi connectivity index (χ2v) is 8.31. The average molecular weight is 394 g/mol. The molecule has 0 bridgehead atoms. The van der Waals surface area contributed by atoms with Crippen molar-refractivity contribution in [1.29, 1.82) is 0 Å². The van der Waals surface area contributed by atoms with E-state index in [9.17, 15) is 4.79 Å². The number of aryl methyl sites for hydroxylation is 1. The number of nitrogens with zero attached hydrogens (tertiary/aromatic N) is 5. The molecule has 0 aliphatic carbocycles. The number of piperazine rings is 1. The molecule has 0 unspecified atom stereocenters. The minimum absolute atomic E-state index is 0.284. The molecule has 2 aliphatic heterocycles. The normalized spacial score (nSPS) is 18.8. The number of likely N-dealkylation sites (tertiary alicyclic amines) is 1. The van der Waals surface area contributed by atoms with Gasteiger partial charge in [-0.1, -0.05) is 30.3 Å². The molecule has 2 aliphatic rings. The van der Waals surface area contributed by atoms with Crippen LogP contribution in [0.15, 0.2) is 42.5 Å². The lowest BCUT2D eigenvalue weighted by Crippen LogP contribution is -2.51. The Kier molecular flexibility index (Phi) is 6.39. The third kappa shape index (κ3) is 5.32. The molecule has 0 spiro atoms. The van der Waals surface area contributed by atoms with Crippen LogP contribution in [0, 0.1) is 12.8 Å². The van der Waals surface area contributed by atoms with Crippen LogP contribution >= 0.6 is 0 Å². The van der Waals surface area contributed by atoms with Gasteiger partial charge in [0.25, 0.3) is 0 Å². The number of hydrogen-bond acceptors (Lipinski definition) is 5. The van der Waals surface area contributed by atoms with Gasteiger partial charge in [0.15, 0.2) is 5.82 Å². The van der Waals surface area contributed by atoms with Gasteiger partial charge in [-0.15, -0.1) is 5.10 Å². The molecular formula is C23H31N5O. The van der Waals surface area contributed by atoms with Crippen molar-refractivity contribution in [3.05, 3.63) is 53.7 Å². The molecule has 2 fully saturated rings. The fourth-order valence-corrected chi connectivity index (χ4v) is 4.32. The van der Waals surface area contributed by atoms with Crippen LogP contribution in [0.2, 0.25) is 0 Å². The maximum absolute atomic E-state index is 12.8. The highest BCUT2D eigenvalue weighted by Gasteiger charge is 2.26. The van der Waals surface area contributed by atoms with Crippen LogP contribution in [0.3, 0.4) is 0 Å². The Morgan fingerprint density at radius 3 is 2.31 bits per heavy atom. The zero-order valence-corrected chi connectivity index (χ0v) is 17.3. The third-order valence-corrected chi connectivity index (χ3v) is 6.17. The number of amides is 1. The van der Waals surface area contributed by atoms with Gasteiger partial charge in [-0.2, -0.15) is 5.10 Å². The Hall–Kier alpha value is -2.47. The number of hydrogen-bond donors (Lipinski definition) is 0. The summed E-state index contributed by atoms with van der Waals surface area (Å²) in [5.74, 6) is 1.91. The number of piperidine rings is 1. The Morgan fingerprint density at radius 2 is 1.66 bits per heavy atom. The number of aromatic nitrogens is 2. The van der Waals surface area contributed by atoms with Crippen molar-refractivity contribution in [1.82, 2.24) is 20.0 Å². The average Bonchev–Trinajstić information content (AvgIpc) is 2.76. The molecule has 29 heavy (non-hydrogen) atoms. The molecule has 0 N–H and O–H groups in total. The van der Waals surface area contributed by atoms with E-state index in [-0.39, 0.29) is 5.91 Å². The van der Waals surface area contributed by atoms with Crippen molar-refractivity contribution in [2.45, 2.75) is 26.2 Å². The fourth-order valence-electron chi connectivity index (χ4n) is 4.32. The first-order valence-electron chi connectivity index (χ1n) is 10.8. The number of carbonyl (C=O) groups excluding carboxylic acids is 1. The summed E-state index contributed by atoms with van der Waals surface area (Å²) in [6.45, 7) is 7.86. The summed E-state index contributed by atoms with van der Waals surface area (Å²) in [5, 5.41) is 8.43. The first-order chi connectivity index (χ1) is 14.2. The molecule has 1 amide bonds. The monoisotopic (exact) mass is 393 g/mol. The second kappa shape index (κ2) is 9.35. The minimum Gasteiger partial charge on any atom is -0.353 e. The third-order valence-electron chi connectivity index (χ3n) is 6.17. The molecule has 6 nitrogen and oxygen atoms in total. The molecule has 2 saturated heterocycles. The van der Waals surface area contributed by atoms with Gasteiger partial charge in [-0.05, 0) is 49.8 Å². The molecule has 1 aromatic carbocycles. The number of rotatable bonds is 5. The summed E-state index contributed by atoms with van der Waals surface area (Å²) in [4.78, 5) is 19.4. The first kappa shape index (κ1) is 19.8. The molecule has 3 heterocycles. The van der Waals surface area contributed by atoms with E-state index in [0.717, 1.165) is 70.0 Å². The molecule has 154 valence electrons. The van der Waals surface area contributed by atoms with Crippen molar-refractivity contribution in [2.75, 3.05) is 50.7 Å². The van der Waals surface area contributed by atoms with E-state index >= 15 is 0 Å². The Labute approximate surface area is 173 Å². The molecule has 0 atom stereocenters. The van der Waals surface area contributed by atoms with E-state index in [4.69, 9.17) is 0 Å². The van der Waals surface area contributed by atoms with E-state index in [2.05, 4.69) is 55.2 Å². The Bertz CT molecular complexity index is 779. The van der Waals surface area contributed by atoms with Gasteiger partial charge in [0.1, 0.15) is 0 Å². The fraction of sp³-hybridized carbons (Fsp3) is 0.522. The van der Waals surface area contributed by atoms with Crippen LogP contribution < -0.4 is 4.90 Å². The second-order valence-electron chi connectivity index (χ2n) is 8.31.